The highest BCUT2D eigenvalue weighted by Gasteiger charge is 2.32. The minimum absolute atomic E-state index is 0.0441. The van der Waals surface area contributed by atoms with E-state index < -0.39 is 10.0 Å². The van der Waals surface area contributed by atoms with Gasteiger partial charge in [0.15, 0.2) is 0 Å². The lowest BCUT2D eigenvalue weighted by molar-refractivity contribution is 0.290. The zero-order chi connectivity index (χ0) is 14.8. The number of nitrogens with one attached hydrogen (secondary N) is 1. The maximum Gasteiger partial charge on any atom is 0.247 e. The maximum atomic E-state index is 12.9. The largest absolute Gasteiger partial charge is 0.372 e. The van der Waals surface area contributed by atoms with E-state index in [-0.39, 0.29) is 10.9 Å². The minimum Gasteiger partial charge on any atom is -0.372 e. The lowest BCUT2D eigenvalue weighted by atomic mass is 10.3. The van der Waals surface area contributed by atoms with Crippen LogP contribution < -0.4 is 5.32 Å². The van der Waals surface area contributed by atoms with Crippen LogP contribution >= 0.6 is 0 Å². The highest BCUT2D eigenvalue weighted by atomic mass is 32.2. The summed E-state index contributed by atoms with van der Waals surface area (Å²) in [7, 11) is 0.186. The van der Waals surface area contributed by atoms with Gasteiger partial charge in [0.1, 0.15) is 10.7 Å². The number of nitrogens with zero attached hydrogens (tertiary/aromatic N) is 3. The lowest BCUT2D eigenvalue weighted by Gasteiger charge is -2.27. The normalized spacial score (nSPS) is 22.4. The molecular formula is C13H22N4O2S. The molecule has 2 rings (SSSR count). The van der Waals surface area contributed by atoms with Crippen LogP contribution in [0.3, 0.4) is 0 Å². The van der Waals surface area contributed by atoms with Crippen molar-refractivity contribution in [1.82, 2.24) is 14.2 Å². The summed E-state index contributed by atoms with van der Waals surface area (Å²) in [5.41, 5.74) is 0. The van der Waals surface area contributed by atoms with Crippen LogP contribution in [-0.4, -0.2) is 62.4 Å². The molecule has 0 bridgehead atoms. The Kier molecular flexibility index (Phi) is 4.62. The average Bonchev–Trinajstić information content (AvgIpc) is 2.59. The van der Waals surface area contributed by atoms with Crippen molar-refractivity contribution in [2.75, 3.05) is 39.0 Å². The Bertz CT molecular complexity index is 561. The van der Waals surface area contributed by atoms with Gasteiger partial charge in [-0.05, 0) is 39.1 Å². The number of rotatable bonds is 3. The highest BCUT2D eigenvalue weighted by Crippen LogP contribution is 2.25. The Morgan fingerprint density at radius 3 is 2.85 bits per heavy atom. The van der Waals surface area contributed by atoms with Crippen LogP contribution in [0.5, 0.6) is 0 Å². The first-order valence-electron chi connectivity index (χ1n) is 6.80. The standard InChI is InChI=1S/C13H22N4O2S/c1-11-10-16(3)8-5-9-17(11)20(18,19)12-6-4-7-15-13(12)14-2/h4,6-7,11H,5,8-10H2,1-3H3,(H,14,15). The second kappa shape index (κ2) is 6.07. The monoisotopic (exact) mass is 298 g/mol. The fourth-order valence-corrected chi connectivity index (χ4v) is 4.43. The fraction of sp³-hybridized carbons (Fsp3) is 0.615. The van der Waals surface area contributed by atoms with E-state index in [1.807, 2.05) is 14.0 Å². The molecule has 1 aliphatic rings. The van der Waals surface area contributed by atoms with Crippen molar-refractivity contribution in [3.05, 3.63) is 18.3 Å². The molecule has 0 aliphatic carbocycles. The quantitative estimate of drug-likeness (QED) is 0.896. The van der Waals surface area contributed by atoms with Crippen LogP contribution in [0.15, 0.2) is 23.2 Å². The number of aromatic nitrogens is 1. The SMILES string of the molecule is CNc1ncccc1S(=O)(=O)N1CCCN(C)CC1C. The zero-order valence-corrected chi connectivity index (χ0v) is 13.0. The first kappa shape index (κ1) is 15.2. The topological polar surface area (TPSA) is 65.5 Å². The second-order valence-corrected chi connectivity index (χ2v) is 7.04. The number of hydrogen-bond donors (Lipinski definition) is 1. The van der Waals surface area contributed by atoms with Gasteiger partial charge in [0.2, 0.25) is 10.0 Å². The first-order valence-corrected chi connectivity index (χ1v) is 8.24. The van der Waals surface area contributed by atoms with Gasteiger partial charge in [0, 0.05) is 32.4 Å². The third kappa shape index (κ3) is 2.94. The van der Waals surface area contributed by atoms with E-state index in [9.17, 15) is 8.42 Å². The van der Waals surface area contributed by atoms with Crippen LogP contribution in [-0.2, 0) is 10.0 Å². The molecule has 1 aliphatic heterocycles. The van der Waals surface area contributed by atoms with Crippen molar-refractivity contribution in [3.63, 3.8) is 0 Å². The summed E-state index contributed by atoms with van der Waals surface area (Å²) in [6.07, 6.45) is 2.43. The second-order valence-electron chi connectivity index (χ2n) is 5.18. The molecule has 2 heterocycles. The Morgan fingerprint density at radius 1 is 1.40 bits per heavy atom. The smallest absolute Gasteiger partial charge is 0.247 e. The van der Waals surface area contributed by atoms with Gasteiger partial charge in [-0.25, -0.2) is 13.4 Å². The van der Waals surface area contributed by atoms with Gasteiger partial charge in [-0.3, -0.25) is 0 Å². The van der Waals surface area contributed by atoms with Crippen molar-refractivity contribution >= 4 is 15.8 Å². The van der Waals surface area contributed by atoms with Crippen molar-refractivity contribution in [2.45, 2.75) is 24.3 Å². The lowest BCUT2D eigenvalue weighted by Crippen LogP contribution is -2.42. The maximum absolute atomic E-state index is 12.9. The van der Waals surface area contributed by atoms with Gasteiger partial charge in [-0.2, -0.15) is 4.31 Å². The van der Waals surface area contributed by atoms with Gasteiger partial charge in [-0.15, -0.1) is 0 Å². The Labute approximate surface area is 120 Å². The Balaban J connectivity index is 2.38. The number of hydrogen-bond acceptors (Lipinski definition) is 5. The van der Waals surface area contributed by atoms with Crippen LogP contribution in [0.25, 0.3) is 0 Å². The van der Waals surface area contributed by atoms with Crippen molar-refractivity contribution in [2.24, 2.45) is 0 Å². The van der Waals surface area contributed by atoms with E-state index in [2.05, 4.69) is 15.2 Å². The summed E-state index contributed by atoms with van der Waals surface area (Å²) >= 11 is 0. The van der Waals surface area contributed by atoms with E-state index in [1.54, 1.807) is 29.7 Å². The van der Waals surface area contributed by atoms with Crippen LogP contribution in [0, 0.1) is 0 Å². The number of sulfonamides is 1. The van der Waals surface area contributed by atoms with Crippen LogP contribution in [0.2, 0.25) is 0 Å². The molecular weight excluding hydrogens is 276 g/mol. The Hall–Kier alpha value is -1.18. The molecule has 0 radical (unpaired) electrons. The summed E-state index contributed by atoms with van der Waals surface area (Å²) in [6.45, 7) is 4.16. The molecule has 1 fully saturated rings. The summed E-state index contributed by atoms with van der Waals surface area (Å²) in [5, 5.41) is 2.85. The predicted octanol–water partition coefficient (Wildman–Crippen LogP) is 0.838. The highest BCUT2D eigenvalue weighted by molar-refractivity contribution is 7.89. The molecule has 1 N–H and O–H groups in total. The molecule has 1 unspecified atom stereocenters. The molecule has 1 aromatic rings. The van der Waals surface area contributed by atoms with E-state index in [1.165, 1.54) is 0 Å². The molecule has 1 aromatic heterocycles. The predicted molar refractivity (Wildman–Crippen MR) is 79.3 cm³/mol. The molecule has 20 heavy (non-hydrogen) atoms. The molecule has 112 valence electrons. The van der Waals surface area contributed by atoms with E-state index in [0.717, 1.165) is 19.5 Å². The van der Waals surface area contributed by atoms with Crippen molar-refractivity contribution in [3.8, 4) is 0 Å². The van der Waals surface area contributed by atoms with Crippen LogP contribution in [0.4, 0.5) is 5.82 Å². The van der Waals surface area contributed by atoms with Gasteiger partial charge >= 0.3 is 0 Å². The van der Waals surface area contributed by atoms with E-state index in [4.69, 9.17) is 0 Å². The molecule has 0 saturated carbocycles. The molecule has 7 heteroatoms. The molecule has 6 nitrogen and oxygen atoms in total. The molecule has 1 atom stereocenters. The van der Waals surface area contributed by atoms with Gasteiger partial charge in [-0.1, -0.05) is 0 Å². The average molecular weight is 298 g/mol. The number of pyridine rings is 1. The van der Waals surface area contributed by atoms with Gasteiger partial charge in [0.25, 0.3) is 0 Å². The van der Waals surface area contributed by atoms with Crippen molar-refractivity contribution < 1.29 is 8.42 Å². The van der Waals surface area contributed by atoms with Gasteiger partial charge in [0.05, 0.1) is 0 Å². The third-order valence-electron chi connectivity index (χ3n) is 3.58. The minimum atomic E-state index is -3.52. The molecule has 0 spiro atoms. The number of anilines is 1. The third-order valence-corrected chi connectivity index (χ3v) is 5.63. The summed E-state index contributed by atoms with van der Waals surface area (Å²) < 4.78 is 27.3. The summed E-state index contributed by atoms with van der Waals surface area (Å²) in [5.74, 6) is 0.400. The molecule has 0 aromatic carbocycles. The van der Waals surface area contributed by atoms with E-state index in [0.29, 0.717) is 12.4 Å². The Morgan fingerprint density at radius 2 is 2.15 bits per heavy atom. The number of likely N-dealkylation sites (N-methyl/N-ethyl adjacent to an activating group) is 1. The van der Waals surface area contributed by atoms with Crippen LogP contribution in [0.1, 0.15) is 13.3 Å². The zero-order valence-electron chi connectivity index (χ0n) is 12.2. The fourth-order valence-electron chi connectivity index (χ4n) is 2.62. The molecule has 1 saturated heterocycles. The first-order chi connectivity index (χ1) is 9.46. The summed E-state index contributed by atoms with van der Waals surface area (Å²) in [6, 6.07) is 3.22. The molecule has 0 amide bonds. The summed E-state index contributed by atoms with van der Waals surface area (Å²) in [4.78, 5) is 6.51. The van der Waals surface area contributed by atoms with E-state index >= 15 is 0 Å². The van der Waals surface area contributed by atoms with Gasteiger partial charge < -0.3 is 10.2 Å². The van der Waals surface area contributed by atoms with Crippen molar-refractivity contribution in [1.29, 1.82) is 0 Å².